The van der Waals surface area contributed by atoms with Crippen LogP contribution in [0.25, 0.3) is 105 Å². The Morgan fingerprint density at radius 1 is 0.301 bits per heavy atom. The summed E-state index contributed by atoms with van der Waals surface area (Å²) in [5, 5.41) is 10.00. The number of rotatable bonds is 4. The van der Waals surface area contributed by atoms with Gasteiger partial charge in [0, 0.05) is 106 Å². The number of thiophene rings is 3. The van der Waals surface area contributed by atoms with E-state index >= 15 is 0 Å². The van der Waals surface area contributed by atoms with E-state index in [2.05, 4.69) is 234 Å². The predicted molar refractivity (Wildman–Crippen MR) is 317 cm³/mol. The maximum absolute atomic E-state index is 6.84. The van der Waals surface area contributed by atoms with Crippen molar-refractivity contribution < 1.29 is 4.42 Å². The first kappa shape index (κ1) is 40.2. The highest BCUT2D eigenvalue weighted by atomic mass is 32.1. The lowest BCUT2D eigenvalue weighted by Gasteiger charge is -2.44. The molecular weight excluding hydrogens is 944 g/mol. The molecule has 0 radical (unpaired) electrons. The third-order valence-electron chi connectivity index (χ3n) is 15.6. The van der Waals surface area contributed by atoms with Crippen LogP contribution in [0.2, 0.25) is 0 Å². The van der Waals surface area contributed by atoms with Gasteiger partial charge in [-0.2, -0.15) is 0 Å². The summed E-state index contributed by atoms with van der Waals surface area (Å²) >= 11 is 5.68. The zero-order valence-electron chi connectivity index (χ0n) is 39.0. The molecule has 0 aliphatic carbocycles. The molecule has 4 aromatic heterocycles. The lowest BCUT2D eigenvalue weighted by molar-refractivity contribution is 0.669. The van der Waals surface area contributed by atoms with Crippen molar-refractivity contribution >= 4 is 174 Å². The molecule has 0 spiro atoms. The van der Waals surface area contributed by atoms with E-state index < -0.39 is 0 Å². The molecule has 73 heavy (non-hydrogen) atoms. The van der Waals surface area contributed by atoms with Crippen LogP contribution < -0.4 is 26.2 Å². The summed E-state index contributed by atoms with van der Waals surface area (Å²) in [6.45, 7) is -0.105. The quantitative estimate of drug-likeness (QED) is 0.164. The van der Waals surface area contributed by atoms with Crippen molar-refractivity contribution in [1.82, 2.24) is 0 Å². The van der Waals surface area contributed by atoms with E-state index in [-0.39, 0.29) is 6.71 Å². The van der Waals surface area contributed by atoms with E-state index in [0.717, 1.165) is 33.3 Å². The van der Waals surface area contributed by atoms with Gasteiger partial charge in [-0.25, -0.2) is 0 Å². The van der Waals surface area contributed by atoms with Crippen molar-refractivity contribution in [2.45, 2.75) is 0 Å². The fourth-order valence-electron chi connectivity index (χ4n) is 12.6. The summed E-state index contributed by atoms with van der Waals surface area (Å²) in [5.41, 5.74) is 17.5. The summed E-state index contributed by atoms with van der Waals surface area (Å²) in [7, 11) is 0. The molecule has 0 amide bonds. The smallest absolute Gasteiger partial charge is 0.252 e. The number of hydrogen-bond donors (Lipinski definition) is 0. The van der Waals surface area contributed by atoms with Gasteiger partial charge in [0.05, 0.1) is 11.4 Å². The summed E-state index contributed by atoms with van der Waals surface area (Å²) in [5.74, 6) is 0. The van der Waals surface area contributed by atoms with Crippen molar-refractivity contribution in [2.24, 2.45) is 0 Å². The molecule has 0 N–H and O–H groups in total. The molecule has 7 heteroatoms. The van der Waals surface area contributed by atoms with Crippen LogP contribution in [0.4, 0.5) is 34.1 Å². The fourth-order valence-corrected chi connectivity index (χ4v) is 16.2. The van der Waals surface area contributed by atoms with E-state index in [4.69, 9.17) is 4.42 Å². The molecule has 2 aliphatic heterocycles. The fraction of sp³-hybridized carbons (Fsp3) is 0. The number of benzene rings is 11. The van der Waals surface area contributed by atoms with E-state index in [9.17, 15) is 0 Å². The van der Waals surface area contributed by atoms with Crippen LogP contribution in [0, 0.1) is 0 Å². The zero-order chi connectivity index (χ0) is 47.5. The van der Waals surface area contributed by atoms with Crippen molar-refractivity contribution in [3.8, 4) is 22.3 Å². The van der Waals surface area contributed by atoms with E-state index in [0.29, 0.717) is 0 Å². The zero-order valence-corrected chi connectivity index (χ0v) is 41.4. The Hall–Kier alpha value is -8.46. The number of fused-ring (bicyclic) bond motifs is 16. The molecule has 0 atom stereocenters. The molecule has 0 saturated carbocycles. The van der Waals surface area contributed by atoms with Gasteiger partial charge in [-0.3, -0.25) is 0 Å². The first-order chi connectivity index (χ1) is 36.2. The largest absolute Gasteiger partial charge is 0.456 e. The molecule has 17 rings (SSSR count). The van der Waals surface area contributed by atoms with Crippen LogP contribution >= 0.6 is 34.0 Å². The summed E-state index contributed by atoms with van der Waals surface area (Å²) in [6.07, 6.45) is 0. The first-order valence-electron chi connectivity index (χ1n) is 24.8. The molecule has 0 saturated heterocycles. The van der Waals surface area contributed by atoms with Gasteiger partial charge in [0.25, 0.3) is 6.71 Å². The molecule has 0 fully saturated rings. The molecule has 338 valence electrons. The minimum atomic E-state index is -0.105. The molecule has 15 aromatic rings. The van der Waals surface area contributed by atoms with Gasteiger partial charge in [0.1, 0.15) is 11.2 Å². The SMILES string of the molecule is c1ccc(-c2c(N3c4cc5oc6ccccc6c5cc4B4c5cc6c(cc5N(c5ccc7c(sc8ccccc87)c5-c5ccccc5)c5cccc3c54)sc3ccccc36)ccc3c2sc2ccccc23)cc1. The average molecular weight is 981 g/mol. The molecule has 0 unspecified atom stereocenters. The van der Waals surface area contributed by atoms with Gasteiger partial charge in [0.2, 0.25) is 0 Å². The number of para-hydroxylation sites is 1. The minimum Gasteiger partial charge on any atom is -0.456 e. The standard InChI is InChI=1S/C66H37BN2OS3/c1-3-16-38(17-4-1)62-50(32-30-44-41-21-8-13-28-59(41)72-65(44)62)68-52-24-15-25-53-64(52)67(48-34-46-40-20-7-11-26-56(40)70-57(46)36-54(48)68)49-35-47-43-23-10-12-27-58(43)71-61(47)37-55(49)69(53)51-33-31-45-42-22-9-14-29-60(42)73-66(45)63(51)39-18-5-2-6-19-39/h1-37H. The van der Waals surface area contributed by atoms with Gasteiger partial charge in [-0.1, -0.05) is 164 Å². The van der Waals surface area contributed by atoms with Crippen LogP contribution in [0.5, 0.6) is 0 Å². The monoisotopic (exact) mass is 980 g/mol. The van der Waals surface area contributed by atoms with Crippen LogP contribution in [-0.4, -0.2) is 6.71 Å². The highest BCUT2D eigenvalue weighted by Gasteiger charge is 2.45. The van der Waals surface area contributed by atoms with Gasteiger partial charge in [-0.15, -0.1) is 34.0 Å². The number of hydrogen-bond acceptors (Lipinski definition) is 6. The van der Waals surface area contributed by atoms with E-state index in [1.54, 1.807) is 0 Å². The van der Waals surface area contributed by atoms with Crippen molar-refractivity contribution in [1.29, 1.82) is 0 Å². The topological polar surface area (TPSA) is 19.6 Å². The first-order valence-corrected chi connectivity index (χ1v) is 27.3. The van der Waals surface area contributed by atoms with Crippen LogP contribution in [-0.2, 0) is 0 Å². The second kappa shape index (κ2) is 15.0. The maximum atomic E-state index is 6.84. The van der Waals surface area contributed by atoms with E-state index in [1.807, 2.05) is 34.0 Å². The van der Waals surface area contributed by atoms with Gasteiger partial charge >= 0.3 is 0 Å². The average Bonchev–Trinajstić information content (AvgIpc) is 4.23. The molecule has 3 nitrogen and oxygen atoms in total. The Kier molecular flexibility index (Phi) is 8.28. The second-order valence-electron chi connectivity index (χ2n) is 19.4. The molecule has 2 aliphatic rings. The summed E-state index contributed by atoms with van der Waals surface area (Å²) in [6, 6.07) is 83.8. The maximum Gasteiger partial charge on any atom is 0.252 e. The second-order valence-corrected chi connectivity index (χ2v) is 22.6. The normalized spacial score (nSPS) is 13.1. The predicted octanol–water partition coefficient (Wildman–Crippen LogP) is 18.1. The highest BCUT2D eigenvalue weighted by Crippen LogP contribution is 2.54. The lowest BCUT2D eigenvalue weighted by Crippen LogP contribution is -2.61. The third kappa shape index (κ3) is 5.59. The summed E-state index contributed by atoms with van der Waals surface area (Å²) in [4.78, 5) is 5.21. The summed E-state index contributed by atoms with van der Waals surface area (Å²) < 4.78 is 14.6. The van der Waals surface area contributed by atoms with Crippen molar-refractivity contribution in [3.63, 3.8) is 0 Å². The number of nitrogens with zero attached hydrogens (tertiary/aromatic N) is 2. The van der Waals surface area contributed by atoms with Crippen molar-refractivity contribution in [2.75, 3.05) is 9.80 Å². The highest BCUT2D eigenvalue weighted by molar-refractivity contribution is 7.27. The van der Waals surface area contributed by atoms with Crippen LogP contribution in [0.1, 0.15) is 0 Å². The minimum absolute atomic E-state index is 0.105. The lowest BCUT2D eigenvalue weighted by atomic mass is 9.33. The van der Waals surface area contributed by atoms with Gasteiger partial charge in [-0.05, 0) is 87.5 Å². The third-order valence-corrected chi connectivity index (χ3v) is 19.2. The Balaban J connectivity index is 1.03. The molecule has 11 aromatic carbocycles. The Bertz CT molecular complexity index is 4530. The molecular formula is C66H37BN2OS3. The number of furan rings is 1. The van der Waals surface area contributed by atoms with Crippen LogP contribution in [0.3, 0.4) is 0 Å². The van der Waals surface area contributed by atoms with Crippen molar-refractivity contribution in [3.05, 3.63) is 224 Å². The molecule has 0 bridgehead atoms. The van der Waals surface area contributed by atoms with Gasteiger partial charge < -0.3 is 14.2 Å². The van der Waals surface area contributed by atoms with E-state index in [1.165, 1.54) is 122 Å². The Labute approximate surface area is 431 Å². The van der Waals surface area contributed by atoms with Gasteiger partial charge in [0.15, 0.2) is 0 Å². The Morgan fingerprint density at radius 3 is 1.37 bits per heavy atom. The number of anilines is 6. The van der Waals surface area contributed by atoms with Crippen LogP contribution in [0.15, 0.2) is 229 Å². The molecule has 6 heterocycles. The Morgan fingerprint density at radius 2 is 0.781 bits per heavy atom.